The molecule has 2 fully saturated rings. The molecule has 0 saturated carbocycles. The standard InChI is InChI=1S/C29H24N2O5S/c1-15-16(2)37-28(20(15)29(35)36-3)31-26(33)21-22(27(31)34)24(25(32)18-10-5-4-6-11-18)30-14-13-17-9-7-8-12-19(17)23(21)30/h4-14,21-24H,1-3H3/t21-,22+,23?,24-/m0/s1. The van der Waals surface area contributed by atoms with Gasteiger partial charge in [0.05, 0.1) is 30.6 Å². The Hall–Kier alpha value is -4.04. The van der Waals surface area contributed by atoms with Crippen LogP contribution >= 0.6 is 11.3 Å². The molecular weight excluding hydrogens is 488 g/mol. The maximum atomic E-state index is 14.1. The molecule has 3 aliphatic heterocycles. The average molecular weight is 513 g/mol. The van der Waals surface area contributed by atoms with Gasteiger partial charge in [-0.05, 0) is 36.6 Å². The molecule has 1 unspecified atom stereocenters. The van der Waals surface area contributed by atoms with Crippen molar-refractivity contribution >= 4 is 46.0 Å². The van der Waals surface area contributed by atoms with Crippen molar-refractivity contribution in [2.45, 2.75) is 25.9 Å². The molecule has 0 aliphatic carbocycles. The number of fused-ring (bicyclic) bond motifs is 5. The number of ketones is 1. The second kappa shape index (κ2) is 8.52. The van der Waals surface area contributed by atoms with E-state index in [1.807, 2.05) is 54.4 Å². The molecule has 4 heterocycles. The third-order valence-electron chi connectivity index (χ3n) is 7.75. The predicted molar refractivity (Wildman–Crippen MR) is 139 cm³/mol. The summed E-state index contributed by atoms with van der Waals surface area (Å²) in [5.41, 5.74) is 3.23. The summed E-state index contributed by atoms with van der Waals surface area (Å²) in [6.45, 7) is 3.62. The van der Waals surface area contributed by atoms with E-state index in [-0.39, 0.29) is 16.3 Å². The summed E-state index contributed by atoms with van der Waals surface area (Å²) in [4.78, 5) is 58.7. The number of thiophene rings is 1. The third kappa shape index (κ3) is 3.25. The van der Waals surface area contributed by atoms with Crippen molar-refractivity contribution < 1.29 is 23.9 Å². The highest BCUT2D eigenvalue weighted by molar-refractivity contribution is 7.17. The normalized spacial score (nSPS) is 23.6. The summed E-state index contributed by atoms with van der Waals surface area (Å²) in [6, 6.07) is 15.3. The van der Waals surface area contributed by atoms with Gasteiger partial charge in [-0.3, -0.25) is 14.4 Å². The minimum atomic E-state index is -0.894. The highest BCUT2D eigenvalue weighted by Crippen LogP contribution is 2.54. The molecule has 37 heavy (non-hydrogen) atoms. The minimum absolute atomic E-state index is 0.211. The Labute approximate surface area is 218 Å². The average Bonchev–Trinajstić information content (AvgIpc) is 3.51. The third-order valence-corrected chi connectivity index (χ3v) is 8.94. The molecule has 3 aromatic rings. The summed E-state index contributed by atoms with van der Waals surface area (Å²) < 4.78 is 4.99. The van der Waals surface area contributed by atoms with Crippen molar-refractivity contribution in [2.75, 3.05) is 12.0 Å². The molecule has 7 nitrogen and oxygen atoms in total. The van der Waals surface area contributed by atoms with Crippen molar-refractivity contribution in [3.05, 3.63) is 93.5 Å². The second-order valence-corrected chi connectivity index (χ2v) is 10.7. The predicted octanol–water partition coefficient (Wildman–Crippen LogP) is 4.55. The van der Waals surface area contributed by atoms with Crippen LogP contribution in [0.4, 0.5) is 5.00 Å². The summed E-state index contributed by atoms with van der Waals surface area (Å²) in [5, 5.41) is 0.267. The number of esters is 1. The van der Waals surface area contributed by atoms with Gasteiger partial charge in [0, 0.05) is 16.6 Å². The van der Waals surface area contributed by atoms with E-state index in [4.69, 9.17) is 4.74 Å². The molecule has 0 bridgehead atoms. The Bertz CT molecular complexity index is 1510. The summed E-state index contributed by atoms with van der Waals surface area (Å²) in [6.07, 6.45) is 3.76. The number of aryl methyl sites for hydroxylation is 1. The number of carbonyl (C=O) groups is 4. The maximum Gasteiger partial charge on any atom is 0.341 e. The molecular formula is C29H24N2O5S. The van der Waals surface area contributed by atoms with E-state index in [0.717, 1.165) is 20.9 Å². The van der Waals surface area contributed by atoms with E-state index >= 15 is 0 Å². The number of Topliss-reactive ketones (excluding diaryl/α,β-unsaturated/α-hetero) is 1. The first-order valence-electron chi connectivity index (χ1n) is 12.0. The van der Waals surface area contributed by atoms with Gasteiger partial charge in [-0.25, -0.2) is 9.69 Å². The lowest BCUT2D eigenvalue weighted by atomic mass is 9.83. The molecule has 0 spiro atoms. The number of rotatable bonds is 4. The number of methoxy groups -OCH3 is 1. The van der Waals surface area contributed by atoms with Gasteiger partial charge in [0.15, 0.2) is 5.78 Å². The molecule has 0 N–H and O–H groups in total. The van der Waals surface area contributed by atoms with Gasteiger partial charge < -0.3 is 9.64 Å². The van der Waals surface area contributed by atoms with Crippen molar-refractivity contribution in [1.29, 1.82) is 0 Å². The number of benzene rings is 2. The van der Waals surface area contributed by atoms with Crippen LogP contribution in [-0.2, 0) is 14.3 Å². The fraction of sp³-hybridized carbons (Fsp3) is 0.241. The lowest BCUT2D eigenvalue weighted by Gasteiger charge is -2.35. The van der Waals surface area contributed by atoms with Crippen LogP contribution in [0.25, 0.3) is 6.08 Å². The fourth-order valence-electron chi connectivity index (χ4n) is 5.94. The first-order valence-corrected chi connectivity index (χ1v) is 12.9. The summed E-state index contributed by atoms with van der Waals surface area (Å²) in [5.74, 6) is -3.34. The Morgan fingerprint density at radius 3 is 2.32 bits per heavy atom. The zero-order valence-corrected chi connectivity index (χ0v) is 21.3. The van der Waals surface area contributed by atoms with Crippen LogP contribution in [0.5, 0.6) is 0 Å². The highest BCUT2D eigenvalue weighted by atomic mass is 32.1. The monoisotopic (exact) mass is 512 g/mol. The van der Waals surface area contributed by atoms with E-state index in [1.165, 1.54) is 18.4 Å². The number of ether oxygens (including phenoxy) is 1. The van der Waals surface area contributed by atoms with Crippen molar-refractivity contribution in [2.24, 2.45) is 11.8 Å². The molecule has 6 rings (SSSR count). The van der Waals surface area contributed by atoms with Crippen LogP contribution < -0.4 is 4.90 Å². The van der Waals surface area contributed by atoms with Crippen molar-refractivity contribution in [3.8, 4) is 0 Å². The number of hydrogen-bond acceptors (Lipinski definition) is 7. The zero-order chi connectivity index (χ0) is 26.0. The van der Waals surface area contributed by atoms with Gasteiger partial charge in [0.1, 0.15) is 11.0 Å². The smallest absolute Gasteiger partial charge is 0.341 e. The van der Waals surface area contributed by atoms with Crippen molar-refractivity contribution in [1.82, 2.24) is 4.90 Å². The number of amides is 2. The zero-order valence-electron chi connectivity index (χ0n) is 20.5. The van der Waals surface area contributed by atoms with Gasteiger partial charge in [-0.15, -0.1) is 11.3 Å². The van der Waals surface area contributed by atoms with Gasteiger partial charge in [-0.1, -0.05) is 54.6 Å². The van der Waals surface area contributed by atoms with Gasteiger partial charge in [0.25, 0.3) is 0 Å². The Kier molecular flexibility index (Phi) is 5.38. The molecule has 0 radical (unpaired) electrons. The quantitative estimate of drug-likeness (QED) is 0.290. The first kappa shape index (κ1) is 23.4. The maximum absolute atomic E-state index is 14.1. The van der Waals surface area contributed by atoms with E-state index in [9.17, 15) is 19.2 Å². The van der Waals surface area contributed by atoms with E-state index < -0.39 is 41.7 Å². The second-order valence-electron chi connectivity index (χ2n) is 9.53. The molecule has 2 aromatic carbocycles. The number of hydrogen-bond donors (Lipinski definition) is 0. The summed E-state index contributed by atoms with van der Waals surface area (Å²) >= 11 is 1.22. The highest BCUT2D eigenvalue weighted by Gasteiger charge is 2.65. The van der Waals surface area contributed by atoms with Crippen LogP contribution in [0.15, 0.2) is 60.8 Å². The molecule has 3 aliphatic rings. The lowest BCUT2D eigenvalue weighted by molar-refractivity contribution is -0.123. The number of nitrogens with zero attached hydrogens (tertiary/aromatic N) is 2. The van der Waals surface area contributed by atoms with Crippen LogP contribution in [0.1, 0.15) is 48.3 Å². The number of anilines is 1. The van der Waals surface area contributed by atoms with E-state index in [0.29, 0.717) is 11.1 Å². The Morgan fingerprint density at radius 1 is 0.919 bits per heavy atom. The molecule has 2 amide bonds. The Morgan fingerprint density at radius 2 is 1.59 bits per heavy atom. The van der Waals surface area contributed by atoms with Gasteiger partial charge in [0.2, 0.25) is 11.8 Å². The van der Waals surface area contributed by atoms with Crippen LogP contribution in [0.2, 0.25) is 0 Å². The van der Waals surface area contributed by atoms with Crippen LogP contribution in [-0.4, -0.2) is 41.6 Å². The van der Waals surface area contributed by atoms with Crippen LogP contribution in [0, 0.1) is 25.7 Å². The molecule has 2 saturated heterocycles. The van der Waals surface area contributed by atoms with E-state index in [1.54, 1.807) is 31.2 Å². The van der Waals surface area contributed by atoms with E-state index in [2.05, 4.69) is 0 Å². The minimum Gasteiger partial charge on any atom is -0.465 e. The van der Waals surface area contributed by atoms with Gasteiger partial charge >= 0.3 is 5.97 Å². The van der Waals surface area contributed by atoms with Crippen molar-refractivity contribution in [3.63, 3.8) is 0 Å². The fourth-order valence-corrected chi connectivity index (χ4v) is 7.09. The topological polar surface area (TPSA) is 84.0 Å². The summed E-state index contributed by atoms with van der Waals surface area (Å²) in [7, 11) is 1.28. The van der Waals surface area contributed by atoms with Gasteiger partial charge in [-0.2, -0.15) is 0 Å². The first-order chi connectivity index (χ1) is 17.8. The lowest BCUT2D eigenvalue weighted by Crippen LogP contribution is -2.44. The molecule has 186 valence electrons. The molecule has 8 heteroatoms. The number of carbonyl (C=O) groups excluding carboxylic acids is 4. The SMILES string of the molecule is COC(=O)c1c(N2C(=O)[C@@H]3[C@H](C2=O)C2c4ccccc4C=CN2[C@@H]3C(=O)c2ccccc2)sc(C)c1C. The largest absolute Gasteiger partial charge is 0.465 e. The molecule has 1 aromatic heterocycles. The molecule has 4 atom stereocenters. The van der Waals surface area contributed by atoms with Crippen LogP contribution in [0.3, 0.4) is 0 Å². The number of imide groups is 1. The Balaban J connectivity index is 1.52.